The van der Waals surface area contributed by atoms with Crippen molar-refractivity contribution in [1.82, 2.24) is 9.97 Å². The van der Waals surface area contributed by atoms with Gasteiger partial charge in [0.25, 0.3) is 0 Å². The Morgan fingerprint density at radius 3 is 1.72 bits per heavy atom. The van der Waals surface area contributed by atoms with Gasteiger partial charge >= 0.3 is 0 Å². The lowest BCUT2D eigenvalue weighted by molar-refractivity contribution is 0.660. The van der Waals surface area contributed by atoms with Gasteiger partial charge in [0.1, 0.15) is 11.2 Å². The number of furan rings is 1. The second-order valence-corrected chi connectivity index (χ2v) is 15.8. The average molecular weight is 743 g/mol. The van der Waals surface area contributed by atoms with E-state index < -0.39 is 0 Å². The third-order valence-corrected chi connectivity index (χ3v) is 11.9. The Labute approximate surface area is 338 Å². The molecule has 3 heteroatoms. The molecule has 0 unspecified atom stereocenters. The van der Waals surface area contributed by atoms with Crippen LogP contribution in [-0.4, -0.2) is 9.97 Å². The molecule has 1 aliphatic carbocycles. The maximum absolute atomic E-state index is 6.23. The molecule has 0 aliphatic heterocycles. The second kappa shape index (κ2) is 13.4. The molecule has 274 valence electrons. The molecule has 0 fully saturated rings. The van der Waals surface area contributed by atoms with Crippen LogP contribution < -0.4 is 0 Å². The summed E-state index contributed by atoms with van der Waals surface area (Å²) in [4.78, 5) is 10.3. The van der Waals surface area contributed by atoms with Gasteiger partial charge in [-0.3, -0.25) is 0 Å². The Balaban J connectivity index is 1.08. The van der Waals surface area contributed by atoms with Crippen LogP contribution >= 0.6 is 0 Å². The lowest BCUT2D eigenvalue weighted by atomic mass is 9.82. The molecule has 10 aromatic rings. The van der Waals surface area contributed by atoms with E-state index in [9.17, 15) is 0 Å². The highest BCUT2D eigenvalue weighted by atomic mass is 16.3. The van der Waals surface area contributed by atoms with Crippen LogP contribution in [0, 0.1) is 0 Å². The predicted octanol–water partition coefficient (Wildman–Crippen LogP) is 14.7. The predicted molar refractivity (Wildman–Crippen MR) is 239 cm³/mol. The summed E-state index contributed by atoms with van der Waals surface area (Å²) < 4.78 is 6.23. The second-order valence-electron chi connectivity index (χ2n) is 15.8. The van der Waals surface area contributed by atoms with Gasteiger partial charge in [-0.15, -0.1) is 0 Å². The summed E-state index contributed by atoms with van der Waals surface area (Å²) in [5, 5.41) is 2.21. The lowest BCUT2D eigenvalue weighted by Crippen LogP contribution is -2.14. The third-order valence-electron chi connectivity index (χ3n) is 11.9. The van der Waals surface area contributed by atoms with Crippen LogP contribution in [0.15, 0.2) is 199 Å². The molecule has 0 spiro atoms. The van der Waals surface area contributed by atoms with E-state index in [1.807, 2.05) is 36.4 Å². The minimum Gasteiger partial charge on any atom is -0.456 e. The number of rotatable bonds is 6. The molecule has 8 aromatic carbocycles. The van der Waals surface area contributed by atoms with Gasteiger partial charge in [0, 0.05) is 32.9 Å². The summed E-state index contributed by atoms with van der Waals surface area (Å²) >= 11 is 0. The van der Waals surface area contributed by atoms with Crippen molar-refractivity contribution in [3.05, 3.63) is 205 Å². The SMILES string of the molecule is CC1(C)c2ccccc2-c2c(-c3ccc(-c4cc(-c5ccc6oc7ccccc7c6c5)cc(-c5cc(-c6ccccc6)nc(-c6ccccc6)n5)c4)cc3)cccc21. The number of benzene rings is 8. The molecule has 1 aliphatic rings. The van der Waals surface area contributed by atoms with Crippen LogP contribution in [0.4, 0.5) is 0 Å². The van der Waals surface area contributed by atoms with Crippen molar-refractivity contribution in [2.75, 3.05) is 0 Å². The minimum absolute atomic E-state index is 0.0494. The van der Waals surface area contributed by atoms with Crippen LogP contribution in [0.3, 0.4) is 0 Å². The van der Waals surface area contributed by atoms with Crippen LogP contribution in [0.1, 0.15) is 25.0 Å². The molecular weight excluding hydrogens is 705 g/mol. The van der Waals surface area contributed by atoms with Gasteiger partial charge in [-0.05, 0) is 98.1 Å². The zero-order valence-corrected chi connectivity index (χ0v) is 32.3. The normalized spacial score (nSPS) is 12.8. The molecule has 0 amide bonds. The van der Waals surface area contributed by atoms with E-state index in [2.05, 4.69) is 172 Å². The maximum atomic E-state index is 6.23. The smallest absolute Gasteiger partial charge is 0.160 e. The van der Waals surface area contributed by atoms with E-state index in [-0.39, 0.29) is 5.41 Å². The quantitative estimate of drug-likeness (QED) is 0.170. The summed E-state index contributed by atoms with van der Waals surface area (Å²) in [6, 6.07) is 69.1. The van der Waals surface area contributed by atoms with Crippen LogP contribution in [-0.2, 0) is 5.41 Å². The monoisotopic (exact) mass is 742 g/mol. The van der Waals surface area contributed by atoms with Crippen LogP contribution in [0.25, 0.3) is 100 Å². The molecule has 11 rings (SSSR count). The minimum atomic E-state index is -0.0494. The summed E-state index contributed by atoms with van der Waals surface area (Å²) in [6.07, 6.45) is 0. The van der Waals surface area contributed by atoms with E-state index in [4.69, 9.17) is 14.4 Å². The number of hydrogen-bond acceptors (Lipinski definition) is 3. The van der Waals surface area contributed by atoms with Crippen LogP contribution in [0.5, 0.6) is 0 Å². The molecule has 0 saturated heterocycles. The van der Waals surface area contributed by atoms with Gasteiger partial charge in [-0.2, -0.15) is 0 Å². The first-order chi connectivity index (χ1) is 28.5. The van der Waals surface area contributed by atoms with Crippen molar-refractivity contribution in [2.45, 2.75) is 19.3 Å². The average Bonchev–Trinajstić information content (AvgIpc) is 3.78. The van der Waals surface area contributed by atoms with Gasteiger partial charge in [-0.1, -0.05) is 166 Å². The molecule has 2 aromatic heterocycles. The summed E-state index contributed by atoms with van der Waals surface area (Å²) in [5.74, 6) is 0.694. The maximum Gasteiger partial charge on any atom is 0.160 e. The number of aromatic nitrogens is 2. The van der Waals surface area contributed by atoms with E-state index in [0.29, 0.717) is 5.82 Å². The standard InChI is InChI=1S/C55H38N2O/c1-55(2)47-21-11-9-19-45(47)53-43(20-13-22-48(53)55)36-26-24-35(25-27-36)40-30-41(39-28-29-52-46(33-39)44-18-10-12-23-51(44)58-52)32-42(31-40)50-34-49(37-14-5-3-6-15-37)56-54(57-50)38-16-7-4-8-17-38/h3-34H,1-2H3. The van der Waals surface area contributed by atoms with Crippen molar-refractivity contribution in [3.63, 3.8) is 0 Å². The van der Waals surface area contributed by atoms with E-state index in [0.717, 1.165) is 72.3 Å². The largest absolute Gasteiger partial charge is 0.456 e. The lowest BCUT2D eigenvalue weighted by Gasteiger charge is -2.21. The van der Waals surface area contributed by atoms with Crippen molar-refractivity contribution < 1.29 is 4.42 Å². The summed E-state index contributed by atoms with van der Waals surface area (Å²) in [6.45, 7) is 4.68. The first-order valence-corrected chi connectivity index (χ1v) is 19.9. The fourth-order valence-corrected chi connectivity index (χ4v) is 8.92. The number of hydrogen-bond donors (Lipinski definition) is 0. The topological polar surface area (TPSA) is 38.9 Å². The Morgan fingerprint density at radius 2 is 0.931 bits per heavy atom. The first kappa shape index (κ1) is 33.9. The van der Waals surface area contributed by atoms with Gasteiger partial charge in [0.05, 0.1) is 11.4 Å². The Bertz CT molecular complexity index is 3120. The fourth-order valence-electron chi connectivity index (χ4n) is 8.92. The highest BCUT2D eigenvalue weighted by Gasteiger charge is 2.36. The molecule has 0 radical (unpaired) electrons. The highest BCUT2D eigenvalue weighted by Crippen LogP contribution is 2.52. The molecule has 0 bridgehead atoms. The molecule has 2 heterocycles. The van der Waals surface area contributed by atoms with E-state index >= 15 is 0 Å². The van der Waals surface area contributed by atoms with Crippen molar-refractivity contribution >= 4 is 21.9 Å². The van der Waals surface area contributed by atoms with Gasteiger partial charge in [0.15, 0.2) is 5.82 Å². The molecule has 0 saturated carbocycles. The van der Waals surface area contributed by atoms with Gasteiger partial charge in [0.2, 0.25) is 0 Å². The zero-order chi connectivity index (χ0) is 38.8. The van der Waals surface area contributed by atoms with E-state index in [1.54, 1.807) is 0 Å². The summed E-state index contributed by atoms with van der Waals surface area (Å²) in [5.41, 5.74) is 18.9. The Morgan fingerprint density at radius 1 is 0.362 bits per heavy atom. The molecular formula is C55H38N2O. The number of nitrogens with zero attached hydrogens (tertiary/aromatic N) is 2. The fraction of sp³-hybridized carbons (Fsp3) is 0.0545. The zero-order valence-electron chi connectivity index (χ0n) is 32.3. The van der Waals surface area contributed by atoms with Gasteiger partial charge in [-0.25, -0.2) is 9.97 Å². The summed E-state index contributed by atoms with van der Waals surface area (Å²) in [7, 11) is 0. The van der Waals surface area contributed by atoms with E-state index in [1.165, 1.54) is 33.4 Å². The van der Waals surface area contributed by atoms with Crippen molar-refractivity contribution in [3.8, 4) is 78.4 Å². The Kier molecular flexibility index (Phi) is 7.84. The van der Waals surface area contributed by atoms with Gasteiger partial charge < -0.3 is 4.42 Å². The van der Waals surface area contributed by atoms with Crippen molar-refractivity contribution in [2.24, 2.45) is 0 Å². The van der Waals surface area contributed by atoms with Crippen LogP contribution in [0.2, 0.25) is 0 Å². The number of para-hydroxylation sites is 1. The highest BCUT2D eigenvalue weighted by molar-refractivity contribution is 6.06. The molecule has 58 heavy (non-hydrogen) atoms. The van der Waals surface area contributed by atoms with Crippen molar-refractivity contribution in [1.29, 1.82) is 0 Å². The molecule has 0 atom stereocenters. The first-order valence-electron chi connectivity index (χ1n) is 19.9. The molecule has 3 nitrogen and oxygen atoms in total. The molecule has 0 N–H and O–H groups in total. The third kappa shape index (κ3) is 5.66. The Hall–Kier alpha value is -7.36. The number of fused-ring (bicyclic) bond motifs is 6.